The molecule has 0 unspecified atom stereocenters. The summed E-state index contributed by atoms with van der Waals surface area (Å²) < 4.78 is 1.89. The number of anilines is 2. The van der Waals surface area contributed by atoms with Crippen LogP contribution < -0.4 is 10.9 Å². The molecule has 0 saturated heterocycles. The highest BCUT2D eigenvalue weighted by Gasteiger charge is 2.28. The minimum absolute atomic E-state index is 0.300. The van der Waals surface area contributed by atoms with E-state index in [1.807, 2.05) is 55.8 Å². The van der Waals surface area contributed by atoms with E-state index in [9.17, 15) is 4.79 Å². The predicted molar refractivity (Wildman–Crippen MR) is 105 cm³/mol. The van der Waals surface area contributed by atoms with Gasteiger partial charge >= 0.3 is 0 Å². The lowest BCUT2D eigenvalue weighted by Gasteiger charge is -2.22. The van der Waals surface area contributed by atoms with E-state index in [-0.39, 0.29) is 11.1 Å². The summed E-state index contributed by atoms with van der Waals surface area (Å²) in [4.78, 5) is 25.8. The topological polar surface area (TPSA) is 88.5 Å². The third-order valence-electron chi connectivity index (χ3n) is 4.19. The SMILES string of the molecule is CC(C)(C)n1[nH]c(Nc2ccccc2)c2c(=O)nc(-c3ccncc3)nc1-2. The molecular weight excluding hydrogens is 340 g/mol. The molecule has 0 atom stereocenters. The molecule has 7 heteroatoms. The fraction of sp³-hybridized carbons (Fsp3) is 0.200. The lowest BCUT2D eigenvalue weighted by atomic mass is 10.1. The molecule has 0 aliphatic carbocycles. The number of H-pyrrole nitrogens is 1. The highest BCUT2D eigenvalue weighted by molar-refractivity contribution is 5.76. The number of fused-ring (bicyclic) bond motifs is 1. The van der Waals surface area contributed by atoms with Gasteiger partial charge in [-0.25, -0.2) is 4.98 Å². The molecule has 0 radical (unpaired) electrons. The van der Waals surface area contributed by atoms with E-state index in [4.69, 9.17) is 0 Å². The van der Waals surface area contributed by atoms with Gasteiger partial charge in [0.05, 0.1) is 5.54 Å². The van der Waals surface area contributed by atoms with Gasteiger partial charge in [-0.3, -0.25) is 19.6 Å². The molecular formula is C20H20N6O. The lowest BCUT2D eigenvalue weighted by molar-refractivity contribution is 0.358. The molecule has 2 N–H and O–H groups in total. The Morgan fingerprint density at radius 1 is 1.00 bits per heavy atom. The second-order valence-electron chi connectivity index (χ2n) is 7.27. The molecule has 4 rings (SSSR count). The number of hydrogen-bond donors (Lipinski definition) is 2. The van der Waals surface area contributed by atoms with Crippen LogP contribution in [0.4, 0.5) is 11.5 Å². The lowest BCUT2D eigenvalue weighted by Crippen LogP contribution is -2.25. The largest absolute Gasteiger partial charge is 0.340 e. The zero-order valence-corrected chi connectivity index (χ0v) is 15.4. The molecule has 1 aromatic carbocycles. The van der Waals surface area contributed by atoms with Gasteiger partial charge in [-0.05, 0) is 45.0 Å². The molecule has 0 fully saturated rings. The molecule has 0 bridgehead atoms. The molecule has 2 aliphatic heterocycles. The van der Waals surface area contributed by atoms with Crippen LogP contribution in [0.25, 0.3) is 22.8 Å². The van der Waals surface area contributed by atoms with Crippen LogP contribution in [0, 0.1) is 0 Å². The van der Waals surface area contributed by atoms with Gasteiger partial charge in [0.15, 0.2) is 11.6 Å². The average Bonchev–Trinajstić information content (AvgIpc) is 3.02. The first-order valence-corrected chi connectivity index (χ1v) is 8.69. The highest BCUT2D eigenvalue weighted by Crippen LogP contribution is 2.32. The van der Waals surface area contributed by atoms with Crippen molar-refractivity contribution in [2.45, 2.75) is 26.3 Å². The Morgan fingerprint density at radius 2 is 1.70 bits per heavy atom. The van der Waals surface area contributed by atoms with Crippen molar-refractivity contribution in [2.24, 2.45) is 0 Å². The van der Waals surface area contributed by atoms with E-state index in [1.165, 1.54) is 0 Å². The van der Waals surface area contributed by atoms with E-state index in [1.54, 1.807) is 24.5 Å². The zero-order valence-electron chi connectivity index (χ0n) is 15.4. The maximum absolute atomic E-state index is 12.9. The van der Waals surface area contributed by atoms with Crippen molar-refractivity contribution in [1.29, 1.82) is 0 Å². The monoisotopic (exact) mass is 360 g/mol. The molecule has 2 aromatic rings. The van der Waals surface area contributed by atoms with Gasteiger partial charge in [0.25, 0.3) is 5.56 Å². The predicted octanol–water partition coefficient (Wildman–Crippen LogP) is 3.63. The quantitative estimate of drug-likeness (QED) is 0.582. The maximum Gasteiger partial charge on any atom is 0.286 e. The first kappa shape index (κ1) is 17.0. The van der Waals surface area contributed by atoms with E-state index in [2.05, 4.69) is 25.4 Å². The summed E-state index contributed by atoms with van der Waals surface area (Å²) in [6.07, 6.45) is 3.31. The summed E-state index contributed by atoms with van der Waals surface area (Å²) in [6, 6.07) is 13.3. The van der Waals surface area contributed by atoms with Crippen molar-refractivity contribution in [1.82, 2.24) is 24.7 Å². The molecule has 1 aromatic heterocycles. The summed E-state index contributed by atoms with van der Waals surface area (Å²) in [5.41, 5.74) is 1.43. The van der Waals surface area contributed by atoms with Gasteiger partial charge in [-0.15, -0.1) is 0 Å². The number of nitrogens with zero attached hydrogens (tertiary/aromatic N) is 4. The highest BCUT2D eigenvalue weighted by atomic mass is 16.1. The number of aromatic amines is 1. The Balaban J connectivity index is 1.92. The normalized spacial score (nSPS) is 11.7. The van der Waals surface area contributed by atoms with Crippen molar-refractivity contribution in [3.63, 3.8) is 0 Å². The van der Waals surface area contributed by atoms with Crippen LogP contribution in [0.1, 0.15) is 20.8 Å². The van der Waals surface area contributed by atoms with Crippen LogP contribution in [0.5, 0.6) is 0 Å². The van der Waals surface area contributed by atoms with Crippen molar-refractivity contribution in [3.8, 4) is 22.8 Å². The van der Waals surface area contributed by atoms with Crippen LogP contribution in [0.2, 0.25) is 0 Å². The second-order valence-corrected chi connectivity index (χ2v) is 7.27. The fourth-order valence-electron chi connectivity index (χ4n) is 2.90. The van der Waals surface area contributed by atoms with Gasteiger partial charge in [0.2, 0.25) is 0 Å². The van der Waals surface area contributed by atoms with Crippen LogP contribution in [0.15, 0.2) is 59.7 Å². The number of hydrogen-bond acceptors (Lipinski definition) is 5. The first-order chi connectivity index (χ1) is 12.9. The van der Waals surface area contributed by atoms with E-state index >= 15 is 0 Å². The molecule has 0 amide bonds. The van der Waals surface area contributed by atoms with Gasteiger partial charge in [0.1, 0.15) is 11.4 Å². The number of rotatable bonds is 3. The summed E-state index contributed by atoms with van der Waals surface area (Å²) in [5, 5.41) is 6.56. The Morgan fingerprint density at radius 3 is 2.37 bits per heavy atom. The van der Waals surface area contributed by atoms with Gasteiger partial charge < -0.3 is 5.32 Å². The first-order valence-electron chi connectivity index (χ1n) is 8.69. The minimum atomic E-state index is -0.329. The molecule has 7 nitrogen and oxygen atoms in total. The van der Waals surface area contributed by atoms with E-state index in [0.717, 1.165) is 11.3 Å². The summed E-state index contributed by atoms with van der Waals surface area (Å²) in [6.45, 7) is 6.15. The Kier molecular flexibility index (Phi) is 3.99. The molecule has 27 heavy (non-hydrogen) atoms. The smallest absolute Gasteiger partial charge is 0.286 e. The number of para-hydroxylation sites is 1. The minimum Gasteiger partial charge on any atom is -0.340 e. The van der Waals surface area contributed by atoms with Crippen LogP contribution in [-0.4, -0.2) is 24.7 Å². The summed E-state index contributed by atoms with van der Waals surface area (Å²) in [5.74, 6) is 1.53. The third kappa shape index (κ3) is 3.19. The van der Waals surface area contributed by atoms with E-state index < -0.39 is 0 Å². The van der Waals surface area contributed by atoms with E-state index in [0.29, 0.717) is 23.0 Å². The fourth-order valence-corrected chi connectivity index (χ4v) is 2.90. The maximum atomic E-state index is 12.9. The van der Waals surface area contributed by atoms with Crippen LogP contribution in [0.3, 0.4) is 0 Å². The van der Waals surface area contributed by atoms with Gasteiger partial charge in [-0.1, -0.05) is 18.2 Å². The Labute approximate surface area is 156 Å². The van der Waals surface area contributed by atoms with Crippen molar-refractivity contribution in [2.75, 3.05) is 5.32 Å². The number of benzene rings is 1. The molecule has 0 spiro atoms. The second kappa shape index (κ2) is 6.35. The van der Waals surface area contributed by atoms with Crippen LogP contribution in [-0.2, 0) is 5.54 Å². The number of nitrogens with one attached hydrogen (secondary N) is 2. The molecule has 2 aliphatic rings. The Bertz CT molecular complexity index is 1090. The standard InChI is InChI=1S/C20H20N6O/c1-20(2,3)26-18-15(17(25-26)22-14-7-5-4-6-8-14)19(27)24-16(23-18)13-9-11-21-12-10-13/h4-12,22,25H,1-3H3. The van der Waals surface area contributed by atoms with Gasteiger partial charge in [0, 0.05) is 23.6 Å². The summed E-state index contributed by atoms with van der Waals surface area (Å²) in [7, 11) is 0. The molecule has 136 valence electrons. The number of aromatic nitrogens is 5. The third-order valence-corrected chi connectivity index (χ3v) is 4.19. The van der Waals surface area contributed by atoms with Gasteiger partial charge in [-0.2, -0.15) is 4.98 Å². The van der Waals surface area contributed by atoms with Crippen LogP contribution >= 0.6 is 0 Å². The van der Waals surface area contributed by atoms with Crippen molar-refractivity contribution < 1.29 is 0 Å². The summed E-state index contributed by atoms with van der Waals surface area (Å²) >= 11 is 0. The Hall–Kier alpha value is -3.48. The zero-order chi connectivity index (χ0) is 19.0. The van der Waals surface area contributed by atoms with Crippen molar-refractivity contribution >= 4 is 11.5 Å². The molecule has 0 saturated carbocycles. The average molecular weight is 360 g/mol. The van der Waals surface area contributed by atoms with Crippen molar-refractivity contribution in [3.05, 3.63) is 65.2 Å². The number of pyridine rings is 1. The molecule has 3 heterocycles.